The number of aromatic nitrogens is 4. The van der Waals surface area contributed by atoms with E-state index in [1.165, 1.54) is 0 Å². The van der Waals surface area contributed by atoms with Gasteiger partial charge >= 0.3 is 0 Å². The summed E-state index contributed by atoms with van der Waals surface area (Å²) in [6, 6.07) is 3.77. The van der Waals surface area contributed by atoms with Crippen LogP contribution >= 0.6 is 0 Å². The van der Waals surface area contributed by atoms with Crippen LogP contribution < -0.4 is 9.64 Å². The highest BCUT2D eigenvalue weighted by atomic mass is 16.5. The number of rotatable bonds is 7. The maximum absolute atomic E-state index is 6.33. The highest BCUT2D eigenvalue weighted by Gasteiger charge is 2.29. The smallest absolute Gasteiger partial charge is 0.232 e. The number of hydrogen-bond acceptors (Lipinski definition) is 7. The van der Waals surface area contributed by atoms with E-state index >= 15 is 0 Å². The van der Waals surface area contributed by atoms with Crippen LogP contribution in [0.15, 0.2) is 54.0 Å². The number of anilines is 1. The Labute approximate surface area is 176 Å². The molecule has 2 aliphatic rings. The zero-order valence-electron chi connectivity index (χ0n) is 17.6. The van der Waals surface area contributed by atoms with E-state index < -0.39 is 0 Å². The molecule has 0 saturated carbocycles. The number of ether oxygens (including phenoxy) is 3. The molecule has 0 aromatic carbocycles. The minimum Gasteiger partial charge on any atom is -0.489 e. The predicted octanol–water partition coefficient (Wildman–Crippen LogP) is 3.20. The van der Waals surface area contributed by atoms with Gasteiger partial charge in [-0.2, -0.15) is 0 Å². The molecule has 0 bridgehead atoms. The summed E-state index contributed by atoms with van der Waals surface area (Å²) in [6.45, 7) is 4.02. The van der Waals surface area contributed by atoms with Gasteiger partial charge in [-0.3, -0.25) is 4.57 Å². The minimum atomic E-state index is 0.0997. The molecule has 1 atom stereocenters. The third-order valence-electron chi connectivity index (χ3n) is 5.21. The summed E-state index contributed by atoms with van der Waals surface area (Å²) >= 11 is 0. The van der Waals surface area contributed by atoms with Crippen LogP contribution in [0.3, 0.4) is 0 Å². The average Bonchev–Trinajstić information content (AvgIpc) is 3.34. The Bertz CT molecular complexity index is 962. The van der Waals surface area contributed by atoms with Gasteiger partial charge in [0.2, 0.25) is 11.8 Å². The molecule has 1 saturated heterocycles. The number of allylic oxidation sites excluding steroid dienone is 5. The van der Waals surface area contributed by atoms with Crippen molar-refractivity contribution in [1.82, 2.24) is 19.7 Å². The van der Waals surface area contributed by atoms with E-state index in [1.807, 2.05) is 16.7 Å². The molecule has 8 nitrogen and oxygen atoms in total. The monoisotopic (exact) mass is 409 g/mol. The summed E-state index contributed by atoms with van der Waals surface area (Å²) in [6.07, 6.45) is 12.1. The van der Waals surface area contributed by atoms with Gasteiger partial charge in [0.15, 0.2) is 5.82 Å². The van der Waals surface area contributed by atoms with Crippen LogP contribution in [0, 0.1) is 0 Å². The molecule has 1 aliphatic heterocycles. The van der Waals surface area contributed by atoms with Gasteiger partial charge in [0, 0.05) is 26.1 Å². The molecule has 0 N–H and O–H groups in total. The third kappa shape index (κ3) is 4.23. The fourth-order valence-corrected chi connectivity index (χ4v) is 3.66. The second-order valence-electron chi connectivity index (χ2n) is 7.30. The molecule has 3 heterocycles. The van der Waals surface area contributed by atoms with E-state index in [0.717, 1.165) is 54.7 Å². The summed E-state index contributed by atoms with van der Waals surface area (Å²) < 4.78 is 18.8. The van der Waals surface area contributed by atoms with Crippen LogP contribution in [-0.2, 0) is 16.1 Å². The highest BCUT2D eigenvalue weighted by molar-refractivity contribution is 5.45. The Balaban J connectivity index is 1.55. The van der Waals surface area contributed by atoms with E-state index in [1.54, 1.807) is 20.4 Å². The molecule has 1 unspecified atom stereocenters. The first-order valence-electron chi connectivity index (χ1n) is 10.1. The van der Waals surface area contributed by atoms with Crippen molar-refractivity contribution in [3.8, 4) is 11.6 Å². The molecular formula is C22H27N5O3. The quantitative estimate of drug-likeness (QED) is 0.695. The molecule has 0 spiro atoms. The minimum absolute atomic E-state index is 0.0997. The van der Waals surface area contributed by atoms with Crippen LogP contribution in [0.5, 0.6) is 5.88 Å². The SMILES string of the molecule is COCc1nnc(N2CCC(OC3=CCC=CC=C3C)C2)n1-c1ccc(OC)nc1. The molecule has 4 rings (SSSR count). The van der Waals surface area contributed by atoms with Gasteiger partial charge in [0.25, 0.3) is 0 Å². The second kappa shape index (κ2) is 9.13. The molecule has 2 aromatic heterocycles. The lowest BCUT2D eigenvalue weighted by atomic mass is 10.2. The molecule has 2 aromatic rings. The Hall–Kier alpha value is -3.13. The summed E-state index contributed by atoms with van der Waals surface area (Å²) in [5.74, 6) is 3.02. The van der Waals surface area contributed by atoms with E-state index in [0.29, 0.717) is 12.5 Å². The van der Waals surface area contributed by atoms with Crippen LogP contribution in [0.25, 0.3) is 5.69 Å². The van der Waals surface area contributed by atoms with Crippen molar-refractivity contribution in [2.45, 2.75) is 32.5 Å². The van der Waals surface area contributed by atoms with Gasteiger partial charge in [-0.15, -0.1) is 10.2 Å². The maximum Gasteiger partial charge on any atom is 0.232 e. The van der Waals surface area contributed by atoms with Gasteiger partial charge in [-0.25, -0.2) is 4.98 Å². The first-order valence-corrected chi connectivity index (χ1v) is 10.1. The van der Waals surface area contributed by atoms with Gasteiger partial charge in [-0.05, 0) is 31.1 Å². The lowest BCUT2D eigenvalue weighted by Gasteiger charge is -2.20. The van der Waals surface area contributed by atoms with Crippen LogP contribution in [-0.4, -0.2) is 53.2 Å². The summed E-state index contributed by atoms with van der Waals surface area (Å²) in [4.78, 5) is 6.53. The number of nitrogens with zero attached hydrogens (tertiary/aromatic N) is 5. The Morgan fingerprint density at radius 1 is 1.20 bits per heavy atom. The van der Waals surface area contributed by atoms with E-state index in [4.69, 9.17) is 14.2 Å². The lowest BCUT2D eigenvalue weighted by molar-refractivity contribution is 0.140. The van der Waals surface area contributed by atoms with Crippen molar-refractivity contribution in [3.05, 3.63) is 59.8 Å². The Kier molecular flexibility index (Phi) is 6.13. The number of hydrogen-bond donors (Lipinski definition) is 0. The van der Waals surface area contributed by atoms with Gasteiger partial charge in [0.1, 0.15) is 18.5 Å². The normalized spacial score (nSPS) is 18.8. The predicted molar refractivity (Wildman–Crippen MR) is 114 cm³/mol. The molecule has 30 heavy (non-hydrogen) atoms. The van der Waals surface area contributed by atoms with E-state index in [9.17, 15) is 0 Å². The Morgan fingerprint density at radius 3 is 2.87 bits per heavy atom. The zero-order chi connectivity index (χ0) is 20.9. The largest absolute Gasteiger partial charge is 0.489 e. The van der Waals surface area contributed by atoms with Crippen molar-refractivity contribution >= 4 is 5.95 Å². The first-order chi connectivity index (χ1) is 14.7. The van der Waals surface area contributed by atoms with Gasteiger partial charge in [0.05, 0.1) is 25.5 Å². The summed E-state index contributed by atoms with van der Waals surface area (Å²) in [5.41, 5.74) is 2.01. The molecule has 0 amide bonds. The molecule has 158 valence electrons. The summed E-state index contributed by atoms with van der Waals surface area (Å²) in [7, 11) is 3.25. The van der Waals surface area contributed by atoms with Crippen LogP contribution in [0.4, 0.5) is 5.95 Å². The number of pyridine rings is 1. The van der Waals surface area contributed by atoms with E-state index in [-0.39, 0.29) is 6.10 Å². The van der Waals surface area contributed by atoms with Crippen molar-refractivity contribution in [2.75, 3.05) is 32.2 Å². The van der Waals surface area contributed by atoms with Crippen LogP contribution in [0.2, 0.25) is 0 Å². The fourth-order valence-electron chi connectivity index (χ4n) is 3.66. The highest BCUT2D eigenvalue weighted by Crippen LogP contribution is 2.27. The van der Waals surface area contributed by atoms with Crippen molar-refractivity contribution in [1.29, 1.82) is 0 Å². The maximum atomic E-state index is 6.33. The van der Waals surface area contributed by atoms with E-state index in [2.05, 4.69) is 51.3 Å². The number of methoxy groups -OCH3 is 2. The molecule has 0 radical (unpaired) electrons. The zero-order valence-corrected chi connectivity index (χ0v) is 17.6. The van der Waals surface area contributed by atoms with Crippen LogP contribution in [0.1, 0.15) is 25.6 Å². The fraction of sp³-hybridized carbons (Fsp3) is 0.409. The lowest BCUT2D eigenvalue weighted by Crippen LogP contribution is -2.26. The second-order valence-corrected chi connectivity index (χ2v) is 7.30. The molecule has 1 aliphatic carbocycles. The molecule has 8 heteroatoms. The average molecular weight is 409 g/mol. The standard InChI is InChI=1S/C22H27N5O3/c1-16-7-5-4-6-8-19(16)30-18-11-12-26(14-18)22-25-24-20(15-28-2)27(22)17-9-10-21(29-3)23-13-17/h4-5,7-10,13,18H,6,11-12,14-15H2,1-3H3. The summed E-state index contributed by atoms with van der Waals surface area (Å²) in [5, 5.41) is 8.81. The Morgan fingerprint density at radius 2 is 2.10 bits per heavy atom. The topological polar surface area (TPSA) is 74.5 Å². The van der Waals surface area contributed by atoms with Gasteiger partial charge < -0.3 is 19.1 Å². The van der Waals surface area contributed by atoms with Crippen molar-refractivity contribution < 1.29 is 14.2 Å². The van der Waals surface area contributed by atoms with Crippen molar-refractivity contribution in [3.63, 3.8) is 0 Å². The first kappa shape index (κ1) is 20.2. The molecular weight excluding hydrogens is 382 g/mol. The van der Waals surface area contributed by atoms with Gasteiger partial charge in [-0.1, -0.05) is 18.2 Å². The third-order valence-corrected chi connectivity index (χ3v) is 5.21. The molecule has 1 fully saturated rings. The van der Waals surface area contributed by atoms with Crippen molar-refractivity contribution in [2.24, 2.45) is 0 Å².